The van der Waals surface area contributed by atoms with Crippen molar-refractivity contribution in [2.24, 2.45) is 0 Å². The summed E-state index contributed by atoms with van der Waals surface area (Å²) >= 11 is 0. The molecule has 1 aliphatic rings. The van der Waals surface area contributed by atoms with Crippen molar-refractivity contribution in [3.63, 3.8) is 0 Å². The van der Waals surface area contributed by atoms with Gasteiger partial charge in [0, 0.05) is 5.69 Å². The maximum atomic E-state index is 12.7. The topological polar surface area (TPSA) is 55.2 Å². The second-order valence-electron chi connectivity index (χ2n) is 5.66. The molecular weight excluding hydrogens is 290 g/mol. The van der Waals surface area contributed by atoms with Gasteiger partial charge in [-0.3, -0.25) is 14.2 Å². The summed E-state index contributed by atoms with van der Waals surface area (Å²) in [6, 6.07) is 16.1. The van der Waals surface area contributed by atoms with Crippen LogP contribution in [0.15, 0.2) is 59.4 Å². The summed E-state index contributed by atoms with van der Waals surface area (Å²) in [4.78, 5) is 31.7. The van der Waals surface area contributed by atoms with Crippen LogP contribution in [0.4, 0.5) is 5.69 Å². The quantitative estimate of drug-likeness (QED) is 0.694. The Balaban J connectivity index is 1.92. The molecule has 0 fully saturated rings. The Labute approximate surface area is 132 Å². The van der Waals surface area contributed by atoms with Crippen LogP contribution >= 0.6 is 0 Å². The molecule has 5 nitrogen and oxygen atoms in total. The Morgan fingerprint density at radius 3 is 2.48 bits per heavy atom. The van der Waals surface area contributed by atoms with Crippen LogP contribution in [0, 0.1) is 0 Å². The van der Waals surface area contributed by atoms with Crippen molar-refractivity contribution >= 4 is 22.5 Å². The van der Waals surface area contributed by atoms with Crippen LogP contribution in [0.2, 0.25) is 0 Å². The number of carbonyl (C=O) groups excluding carboxylic acids is 1. The van der Waals surface area contributed by atoms with Crippen molar-refractivity contribution < 1.29 is 4.79 Å². The number of nitrogens with zero attached hydrogens (tertiary/aromatic N) is 3. The SMILES string of the molecule is CC1C(=O)N(c2ccccc2)Cc2nc3ccccc3c(=O)n21. The molecule has 1 aliphatic heterocycles. The molecule has 5 heteroatoms. The first-order valence-corrected chi connectivity index (χ1v) is 7.53. The number of aromatic nitrogens is 2. The van der Waals surface area contributed by atoms with Gasteiger partial charge in [-0.1, -0.05) is 30.3 Å². The largest absolute Gasteiger partial charge is 0.303 e. The summed E-state index contributed by atoms with van der Waals surface area (Å²) in [5.41, 5.74) is 1.33. The number of para-hydroxylation sites is 2. The van der Waals surface area contributed by atoms with Crippen LogP contribution in [0.3, 0.4) is 0 Å². The number of fused-ring (bicyclic) bond motifs is 2. The average molecular weight is 305 g/mol. The molecule has 0 saturated carbocycles. The van der Waals surface area contributed by atoms with E-state index in [0.717, 1.165) is 5.69 Å². The molecule has 0 saturated heterocycles. The first kappa shape index (κ1) is 13.7. The average Bonchev–Trinajstić information content (AvgIpc) is 2.59. The highest BCUT2D eigenvalue weighted by Crippen LogP contribution is 2.26. The molecular formula is C18H15N3O2. The van der Waals surface area contributed by atoms with E-state index in [9.17, 15) is 9.59 Å². The van der Waals surface area contributed by atoms with Crippen molar-refractivity contribution in [2.75, 3.05) is 4.90 Å². The second-order valence-corrected chi connectivity index (χ2v) is 5.66. The molecule has 1 atom stereocenters. The number of benzene rings is 2. The van der Waals surface area contributed by atoms with E-state index in [-0.39, 0.29) is 11.5 Å². The summed E-state index contributed by atoms with van der Waals surface area (Å²) in [6.45, 7) is 2.05. The van der Waals surface area contributed by atoms with Gasteiger partial charge in [0.15, 0.2) is 0 Å². The molecule has 4 rings (SSSR count). The van der Waals surface area contributed by atoms with Crippen LogP contribution in [0.25, 0.3) is 10.9 Å². The predicted octanol–water partition coefficient (Wildman–Crippen LogP) is 2.50. The number of carbonyl (C=O) groups is 1. The zero-order valence-electron chi connectivity index (χ0n) is 12.6. The highest BCUT2D eigenvalue weighted by atomic mass is 16.2. The van der Waals surface area contributed by atoms with Gasteiger partial charge in [-0.2, -0.15) is 0 Å². The number of hydrogen-bond donors (Lipinski definition) is 0. The highest BCUT2D eigenvalue weighted by molar-refractivity contribution is 5.97. The standard InChI is InChI=1S/C18H15N3O2/c1-12-17(22)20(13-7-3-2-4-8-13)11-16-19-15-10-6-5-9-14(15)18(23)21(12)16/h2-10,12H,11H2,1H3. The van der Waals surface area contributed by atoms with Gasteiger partial charge >= 0.3 is 0 Å². The van der Waals surface area contributed by atoms with Gasteiger partial charge in [0.25, 0.3) is 5.56 Å². The highest BCUT2D eigenvalue weighted by Gasteiger charge is 2.32. The molecule has 2 aromatic carbocycles. The fraction of sp³-hybridized carbons (Fsp3) is 0.167. The van der Waals surface area contributed by atoms with Crippen molar-refractivity contribution in [3.05, 3.63) is 70.8 Å². The molecule has 0 spiro atoms. The van der Waals surface area contributed by atoms with Gasteiger partial charge in [0.1, 0.15) is 11.9 Å². The molecule has 1 aromatic heterocycles. The minimum Gasteiger partial charge on any atom is -0.303 e. The van der Waals surface area contributed by atoms with E-state index < -0.39 is 6.04 Å². The summed E-state index contributed by atoms with van der Waals surface area (Å²) in [5, 5.41) is 0.545. The Morgan fingerprint density at radius 1 is 1.00 bits per heavy atom. The van der Waals surface area contributed by atoms with Crippen LogP contribution in [0.1, 0.15) is 18.8 Å². The fourth-order valence-electron chi connectivity index (χ4n) is 3.08. The Bertz CT molecular complexity index is 963. The van der Waals surface area contributed by atoms with Crippen LogP contribution < -0.4 is 10.5 Å². The zero-order chi connectivity index (χ0) is 16.0. The van der Waals surface area contributed by atoms with Crippen molar-refractivity contribution in [2.45, 2.75) is 19.5 Å². The molecule has 0 N–H and O–H groups in total. The van der Waals surface area contributed by atoms with E-state index in [0.29, 0.717) is 23.3 Å². The summed E-state index contributed by atoms with van der Waals surface area (Å²) in [5.74, 6) is 0.521. The Morgan fingerprint density at radius 2 is 1.70 bits per heavy atom. The van der Waals surface area contributed by atoms with Crippen LogP contribution in [-0.2, 0) is 11.3 Å². The first-order chi connectivity index (χ1) is 11.2. The summed E-state index contributed by atoms with van der Waals surface area (Å²) < 4.78 is 1.52. The predicted molar refractivity (Wildman–Crippen MR) is 88.3 cm³/mol. The third-order valence-corrected chi connectivity index (χ3v) is 4.26. The van der Waals surface area contributed by atoms with Crippen molar-refractivity contribution in [1.82, 2.24) is 9.55 Å². The lowest BCUT2D eigenvalue weighted by molar-refractivity contribution is -0.122. The van der Waals surface area contributed by atoms with Crippen molar-refractivity contribution in [1.29, 1.82) is 0 Å². The summed E-state index contributed by atoms with van der Waals surface area (Å²) in [7, 11) is 0. The van der Waals surface area contributed by atoms with E-state index in [4.69, 9.17) is 0 Å². The van der Waals surface area contributed by atoms with Gasteiger partial charge in [-0.25, -0.2) is 4.98 Å². The fourth-order valence-corrected chi connectivity index (χ4v) is 3.08. The molecule has 114 valence electrons. The van der Waals surface area contributed by atoms with Gasteiger partial charge in [-0.05, 0) is 31.2 Å². The number of hydrogen-bond acceptors (Lipinski definition) is 3. The molecule has 0 radical (unpaired) electrons. The smallest absolute Gasteiger partial charge is 0.262 e. The van der Waals surface area contributed by atoms with E-state index in [1.165, 1.54) is 4.57 Å². The monoisotopic (exact) mass is 305 g/mol. The molecule has 1 amide bonds. The minimum absolute atomic E-state index is 0.0946. The van der Waals surface area contributed by atoms with Gasteiger partial charge < -0.3 is 4.90 Å². The molecule has 1 unspecified atom stereocenters. The van der Waals surface area contributed by atoms with Crippen LogP contribution in [-0.4, -0.2) is 15.5 Å². The summed E-state index contributed by atoms with van der Waals surface area (Å²) in [6.07, 6.45) is 0. The number of rotatable bonds is 1. The lowest BCUT2D eigenvalue weighted by Gasteiger charge is -2.33. The number of amides is 1. The van der Waals surface area contributed by atoms with Gasteiger partial charge in [-0.15, -0.1) is 0 Å². The van der Waals surface area contributed by atoms with Crippen LogP contribution in [0.5, 0.6) is 0 Å². The van der Waals surface area contributed by atoms with Crippen molar-refractivity contribution in [3.8, 4) is 0 Å². The third kappa shape index (κ3) is 2.04. The van der Waals surface area contributed by atoms with E-state index >= 15 is 0 Å². The third-order valence-electron chi connectivity index (χ3n) is 4.26. The maximum absolute atomic E-state index is 12.7. The minimum atomic E-state index is -0.566. The van der Waals surface area contributed by atoms with E-state index in [2.05, 4.69) is 4.98 Å². The van der Waals surface area contributed by atoms with E-state index in [1.54, 1.807) is 17.9 Å². The lowest BCUT2D eigenvalue weighted by atomic mass is 10.1. The van der Waals surface area contributed by atoms with Gasteiger partial charge in [0.2, 0.25) is 5.91 Å². The number of anilines is 1. The first-order valence-electron chi connectivity index (χ1n) is 7.53. The Hall–Kier alpha value is -2.95. The molecule has 23 heavy (non-hydrogen) atoms. The lowest BCUT2D eigenvalue weighted by Crippen LogP contribution is -2.46. The molecule has 0 bridgehead atoms. The van der Waals surface area contributed by atoms with Gasteiger partial charge in [0.05, 0.1) is 17.4 Å². The zero-order valence-corrected chi connectivity index (χ0v) is 12.6. The second kappa shape index (κ2) is 5.05. The Kier molecular flexibility index (Phi) is 3.01. The molecule has 2 heterocycles. The normalized spacial score (nSPS) is 17.3. The maximum Gasteiger partial charge on any atom is 0.262 e. The van der Waals surface area contributed by atoms with E-state index in [1.807, 2.05) is 48.5 Å². The molecule has 0 aliphatic carbocycles. The molecule has 3 aromatic rings.